The minimum atomic E-state index is -2.96. The van der Waals surface area contributed by atoms with Gasteiger partial charge in [0.1, 0.15) is 5.75 Å². The minimum absolute atomic E-state index is 0.276. The summed E-state index contributed by atoms with van der Waals surface area (Å²) in [5.41, 5.74) is 2.00. The summed E-state index contributed by atoms with van der Waals surface area (Å²) < 4.78 is 19.1. The molecule has 0 radical (unpaired) electrons. The van der Waals surface area contributed by atoms with Gasteiger partial charge in [-0.2, -0.15) is 12.6 Å². The Labute approximate surface area is 118 Å². The molecule has 1 aliphatic rings. The fourth-order valence-electron chi connectivity index (χ4n) is 2.40. The smallest absolute Gasteiger partial charge is 0.290 e. The topological polar surface area (TPSA) is 26.3 Å². The molecule has 2 aromatic carbocycles. The van der Waals surface area contributed by atoms with Gasteiger partial charge in [-0.05, 0) is 24.1 Å². The Morgan fingerprint density at radius 3 is 2.47 bits per heavy atom. The van der Waals surface area contributed by atoms with E-state index in [2.05, 4.69) is 12.6 Å². The lowest BCUT2D eigenvalue weighted by Crippen LogP contribution is -2.22. The van der Waals surface area contributed by atoms with E-state index in [4.69, 9.17) is 4.52 Å². The first-order valence-corrected chi connectivity index (χ1v) is 8.54. The van der Waals surface area contributed by atoms with Crippen molar-refractivity contribution in [3.63, 3.8) is 0 Å². The minimum Gasteiger partial charge on any atom is -0.438 e. The van der Waals surface area contributed by atoms with Gasteiger partial charge in [-0.15, -0.1) is 0 Å². The number of rotatable bonds is 2. The van der Waals surface area contributed by atoms with Crippen LogP contribution < -0.4 is 9.83 Å². The van der Waals surface area contributed by atoms with Crippen LogP contribution in [0, 0.1) is 0 Å². The molecule has 0 bridgehead atoms. The van der Waals surface area contributed by atoms with Gasteiger partial charge in [0.25, 0.3) is 7.37 Å². The maximum atomic E-state index is 13.3. The average Bonchev–Trinajstić information content (AvgIpc) is 2.47. The lowest BCUT2D eigenvalue weighted by Gasteiger charge is -2.31. The van der Waals surface area contributed by atoms with Gasteiger partial charge in [0.2, 0.25) is 0 Å². The second-order valence-electron chi connectivity index (χ2n) is 4.59. The van der Waals surface area contributed by atoms with Crippen molar-refractivity contribution in [2.45, 2.75) is 18.3 Å². The van der Waals surface area contributed by atoms with Crippen LogP contribution in [-0.4, -0.2) is 4.99 Å². The van der Waals surface area contributed by atoms with E-state index in [-0.39, 0.29) is 4.99 Å². The first-order valence-electron chi connectivity index (χ1n) is 6.33. The van der Waals surface area contributed by atoms with Crippen molar-refractivity contribution in [3.05, 3.63) is 48.5 Å². The lowest BCUT2D eigenvalue weighted by atomic mass is 10.0. The Hall–Kier alpha value is -1.18. The second kappa shape index (κ2) is 4.73. The fourth-order valence-corrected chi connectivity index (χ4v) is 5.21. The molecule has 19 heavy (non-hydrogen) atoms. The van der Waals surface area contributed by atoms with Crippen LogP contribution >= 0.6 is 20.0 Å². The Balaban J connectivity index is 2.28. The van der Waals surface area contributed by atoms with Crippen LogP contribution in [-0.2, 0) is 4.57 Å². The Bertz CT molecular complexity index is 669. The van der Waals surface area contributed by atoms with Crippen LogP contribution in [0.4, 0.5) is 0 Å². The molecule has 0 aliphatic carbocycles. The molecule has 0 aromatic heterocycles. The highest BCUT2D eigenvalue weighted by Gasteiger charge is 2.40. The lowest BCUT2D eigenvalue weighted by molar-refractivity contribution is 0.487. The van der Waals surface area contributed by atoms with Crippen LogP contribution in [0.15, 0.2) is 48.5 Å². The van der Waals surface area contributed by atoms with Crippen LogP contribution in [0.1, 0.15) is 13.3 Å². The van der Waals surface area contributed by atoms with Crippen molar-refractivity contribution in [2.24, 2.45) is 0 Å². The molecule has 2 unspecified atom stereocenters. The summed E-state index contributed by atoms with van der Waals surface area (Å²) in [7, 11) is -2.96. The number of thiol groups is 1. The van der Waals surface area contributed by atoms with E-state index in [0.29, 0.717) is 12.2 Å². The van der Waals surface area contributed by atoms with E-state index < -0.39 is 7.37 Å². The van der Waals surface area contributed by atoms with Crippen molar-refractivity contribution in [3.8, 4) is 16.9 Å². The second-order valence-corrected chi connectivity index (χ2v) is 8.10. The highest BCUT2D eigenvalue weighted by Crippen LogP contribution is 2.59. The van der Waals surface area contributed by atoms with Gasteiger partial charge in [0, 0.05) is 5.56 Å². The van der Waals surface area contributed by atoms with Gasteiger partial charge < -0.3 is 4.52 Å². The van der Waals surface area contributed by atoms with Gasteiger partial charge in [0.05, 0.1) is 10.3 Å². The predicted octanol–water partition coefficient (Wildman–Crippen LogP) is 4.32. The Morgan fingerprint density at radius 2 is 1.74 bits per heavy atom. The van der Waals surface area contributed by atoms with Crippen molar-refractivity contribution < 1.29 is 9.09 Å². The molecule has 3 rings (SSSR count). The van der Waals surface area contributed by atoms with Crippen LogP contribution in [0.3, 0.4) is 0 Å². The third-order valence-corrected chi connectivity index (χ3v) is 7.37. The largest absolute Gasteiger partial charge is 0.438 e. The summed E-state index contributed by atoms with van der Waals surface area (Å²) in [4.78, 5) is -0.276. The van der Waals surface area contributed by atoms with Gasteiger partial charge in [-0.25, -0.2) is 0 Å². The highest BCUT2D eigenvalue weighted by molar-refractivity contribution is 7.93. The summed E-state index contributed by atoms with van der Waals surface area (Å²) in [6, 6.07) is 15.5. The molecule has 4 heteroatoms. The van der Waals surface area contributed by atoms with Gasteiger partial charge in [-0.3, -0.25) is 4.57 Å². The molecular formula is C15H15O2PS. The highest BCUT2D eigenvalue weighted by atomic mass is 32.1. The van der Waals surface area contributed by atoms with E-state index in [1.54, 1.807) is 0 Å². The molecular weight excluding hydrogens is 275 g/mol. The van der Waals surface area contributed by atoms with Gasteiger partial charge >= 0.3 is 0 Å². The van der Waals surface area contributed by atoms with Crippen LogP contribution in [0.5, 0.6) is 5.75 Å². The first kappa shape index (κ1) is 12.8. The summed E-state index contributed by atoms with van der Waals surface area (Å²) in [5.74, 6) is 0.692. The molecule has 0 fully saturated rings. The van der Waals surface area contributed by atoms with Crippen molar-refractivity contribution in [1.82, 2.24) is 0 Å². The van der Waals surface area contributed by atoms with E-state index >= 15 is 0 Å². The third kappa shape index (κ3) is 1.92. The molecule has 1 aliphatic heterocycles. The molecule has 1 heterocycles. The predicted molar refractivity (Wildman–Crippen MR) is 82.8 cm³/mol. The van der Waals surface area contributed by atoms with E-state index in [1.807, 2.05) is 55.5 Å². The zero-order valence-corrected chi connectivity index (χ0v) is 12.4. The van der Waals surface area contributed by atoms with Gasteiger partial charge in [0.15, 0.2) is 0 Å². The third-order valence-electron chi connectivity index (χ3n) is 3.41. The monoisotopic (exact) mass is 290 g/mol. The van der Waals surface area contributed by atoms with E-state index in [1.165, 1.54) is 0 Å². The standard InChI is InChI=1S/C15H15O2PS/c1-2-15(19)18(16)14-10-6-4-8-12(14)11-7-3-5-9-13(11)17-18/h3-10,15,19H,2H2,1H3. The van der Waals surface area contributed by atoms with Crippen molar-refractivity contribution >= 4 is 25.3 Å². The molecule has 0 saturated heterocycles. The summed E-state index contributed by atoms with van der Waals surface area (Å²) >= 11 is 4.49. The zero-order chi connectivity index (χ0) is 13.5. The quantitative estimate of drug-likeness (QED) is 0.658. The summed E-state index contributed by atoms with van der Waals surface area (Å²) in [6.45, 7) is 1.98. The number of para-hydroxylation sites is 1. The fraction of sp³-hybridized carbons (Fsp3) is 0.200. The molecule has 2 atom stereocenters. The first-order chi connectivity index (χ1) is 9.16. The number of hydrogen-bond donors (Lipinski definition) is 1. The zero-order valence-electron chi connectivity index (χ0n) is 10.6. The number of fused-ring (bicyclic) bond motifs is 3. The average molecular weight is 290 g/mol. The molecule has 2 nitrogen and oxygen atoms in total. The SMILES string of the molecule is CCC(S)P1(=O)Oc2ccccc2-c2ccccc21. The molecule has 0 spiro atoms. The molecule has 0 N–H and O–H groups in total. The van der Waals surface area contributed by atoms with E-state index in [9.17, 15) is 4.57 Å². The van der Waals surface area contributed by atoms with Crippen LogP contribution in [0.2, 0.25) is 0 Å². The molecule has 0 saturated carbocycles. The normalized spacial score (nSPS) is 22.0. The van der Waals surface area contributed by atoms with Crippen molar-refractivity contribution in [2.75, 3.05) is 0 Å². The maximum absolute atomic E-state index is 13.3. The molecule has 0 amide bonds. The van der Waals surface area contributed by atoms with Crippen molar-refractivity contribution in [1.29, 1.82) is 0 Å². The number of benzene rings is 2. The maximum Gasteiger partial charge on any atom is 0.290 e. The van der Waals surface area contributed by atoms with Crippen LogP contribution in [0.25, 0.3) is 11.1 Å². The van der Waals surface area contributed by atoms with Gasteiger partial charge in [-0.1, -0.05) is 43.3 Å². The Morgan fingerprint density at radius 1 is 1.11 bits per heavy atom. The van der Waals surface area contributed by atoms with E-state index in [0.717, 1.165) is 16.4 Å². The summed E-state index contributed by atoms with van der Waals surface area (Å²) in [6.07, 6.45) is 0.705. The molecule has 98 valence electrons. The number of hydrogen-bond acceptors (Lipinski definition) is 3. The molecule has 2 aromatic rings. The Kier molecular flexibility index (Phi) is 3.20. The summed E-state index contributed by atoms with van der Waals surface area (Å²) in [5, 5.41) is 0.788.